The second-order valence-corrected chi connectivity index (χ2v) is 9.30. The maximum atomic E-state index is 13.4. The van der Waals surface area contributed by atoms with Crippen LogP contribution in [-0.2, 0) is 10.3 Å². The molecule has 1 N–H and O–H groups in total. The van der Waals surface area contributed by atoms with Gasteiger partial charge in [0.15, 0.2) is 11.5 Å². The third-order valence-corrected chi connectivity index (χ3v) is 7.29. The lowest BCUT2D eigenvalue weighted by Gasteiger charge is -2.28. The number of nitrogens with zero attached hydrogens (tertiary/aromatic N) is 3. The number of ether oxygens (including phenoxy) is 2. The van der Waals surface area contributed by atoms with Crippen molar-refractivity contribution in [3.05, 3.63) is 53.0 Å². The van der Waals surface area contributed by atoms with Gasteiger partial charge in [-0.25, -0.2) is 14.7 Å². The zero-order chi connectivity index (χ0) is 22.5. The maximum Gasteiger partial charge on any atom is 0.326 e. The molecule has 0 bridgehead atoms. The van der Waals surface area contributed by atoms with Gasteiger partial charge in [0.2, 0.25) is 0 Å². The first kappa shape index (κ1) is 20.7. The van der Waals surface area contributed by atoms with Crippen LogP contribution in [0.15, 0.2) is 42.5 Å². The Morgan fingerprint density at radius 2 is 1.94 bits per heavy atom. The fourth-order valence-corrected chi connectivity index (χ4v) is 5.06. The summed E-state index contributed by atoms with van der Waals surface area (Å²) in [4.78, 5) is 34.1. The van der Waals surface area contributed by atoms with Crippen LogP contribution < -0.4 is 14.8 Å². The number of hydrogen-bond donors (Lipinski definition) is 1. The fraction of sp³-hybridized carbons (Fsp3) is 0.348. The Morgan fingerprint density at radius 1 is 1.19 bits per heavy atom. The lowest BCUT2D eigenvalue weighted by molar-refractivity contribution is -0.132. The van der Waals surface area contributed by atoms with Crippen molar-refractivity contribution < 1.29 is 19.1 Å². The van der Waals surface area contributed by atoms with Crippen LogP contribution in [0.2, 0.25) is 0 Å². The molecule has 3 amide bonds. The summed E-state index contributed by atoms with van der Waals surface area (Å²) in [6, 6.07) is 12.8. The fourth-order valence-electron chi connectivity index (χ4n) is 3.98. The van der Waals surface area contributed by atoms with E-state index in [2.05, 4.69) is 5.32 Å². The van der Waals surface area contributed by atoms with E-state index in [0.717, 1.165) is 15.2 Å². The number of urea groups is 1. The molecule has 0 saturated carbocycles. The Hall–Kier alpha value is -3.17. The number of aromatic nitrogens is 1. The molecule has 166 valence electrons. The first-order valence-electron chi connectivity index (χ1n) is 10.5. The van der Waals surface area contributed by atoms with E-state index >= 15 is 0 Å². The molecular weight excluding hydrogens is 428 g/mol. The summed E-state index contributed by atoms with van der Waals surface area (Å²) in [6.07, 6.45) is 0. The minimum absolute atomic E-state index is 0.0610. The van der Waals surface area contributed by atoms with Gasteiger partial charge in [0.1, 0.15) is 23.8 Å². The minimum Gasteiger partial charge on any atom is -0.486 e. The standard InChI is InChI=1S/C23H24N4O4S/c1-14(20-24-16-6-4-5-7-19(16)32-20)26(3)13-27-21(28)23(2,25-22(27)29)15-8-9-17-18(12-15)31-11-10-30-17/h4-9,12,14H,10-11,13H2,1-3H3,(H,25,29)/t14-,23-/m0/s1. The summed E-state index contributed by atoms with van der Waals surface area (Å²) in [6.45, 7) is 4.84. The van der Waals surface area contributed by atoms with Gasteiger partial charge in [-0.15, -0.1) is 11.3 Å². The molecule has 8 nitrogen and oxygen atoms in total. The van der Waals surface area contributed by atoms with E-state index in [1.54, 1.807) is 36.5 Å². The molecule has 1 saturated heterocycles. The molecule has 9 heteroatoms. The SMILES string of the molecule is C[C@@H](c1nc2ccccc2s1)N(C)CN1C(=O)N[C@@](C)(c2ccc3c(c2)OCCO3)C1=O. The molecule has 0 aliphatic carbocycles. The summed E-state index contributed by atoms with van der Waals surface area (Å²) in [5.41, 5.74) is 0.436. The Morgan fingerprint density at radius 3 is 2.72 bits per heavy atom. The van der Waals surface area contributed by atoms with Crippen LogP contribution in [0.4, 0.5) is 4.79 Å². The van der Waals surface area contributed by atoms with Crippen molar-refractivity contribution >= 4 is 33.5 Å². The van der Waals surface area contributed by atoms with Crippen molar-refractivity contribution in [1.82, 2.24) is 20.1 Å². The first-order chi connectivity index (χ1) is 15.4. The number of fused-ring (bicyclic) bond motifs is 2. The lowest BCUT2D eigenvalue weighted by atomic mass is 9.91. The molecule has 2 atom stereocenters. The molecule has 32 heavy (non-hydrogen) atoms. The van der Waals surface area contributed by atoms with Gasteiger partial charge < -0.3 is 14.8 Å². The molecule has 0 spiro atoms. The average molecular weight is 453 g/mol. The molecule has 1 aromatic heterocycles. The zero-order valence-electron chi connectivity index (χ0n) is 18.1. The molecule has 0 radical (unpaired) electrons. The topological polar surface area (TPSA) is 84.0 Å². The van der Waals surface area contributed by atoms with E-state index in [1.807, 2.05) is 43.1 Å². The summed E-state index contributed by atoms with van der Waals surface area (Å²) in [5, 5.41) is 3.80. The van der Waals surface area contributed by atoms with Gasteiger partial charge in [0.25, 0.3) is 5.91 Å². The van der Waals surface area contributed by atoms with Crippen LogP contribution in [0.25, 0.3) is 10.2 Å². The molecule has 2 aliphatic rings. The summed E-state index contributed by atoms with van der Waals surface area (Å²) < 4.78 is 12.3. The molecule has 2 aromatic carbocycles. The van der Waals surface area contributed by atoms with Gasteiger partial charge in [-0.2, -0.15) is 0 Å². The van der Waals surface area contributed by atoms with Crippen molar-refractivity contribution in [2.24, 2.45) is 0 Å². The highest BCUT2D eigenvalue weighted by molar-refractivity contribution is 7.18. The average Bonchev–Trinajstić information content (AvgIpc) is 3.33. The second kappa shape index (κ2) is 7.75. The van der Waals surface area contributed by atoms with Crippen LogP contribution in [0.3, 0.4) is 0 Å². The Bertz CT molecular complexity index is 1180. The van der Waals surface area contributed by atoms with Crippen LogP contribution in [0.1, 0.15) is 30.5 Å². The Balaban J connectivity index is 1.35. The van der Waals surface area contributed by atoms with Crippen LogP contribution in [0.5, 0.6) is 11.5 Å². The van der Waals surface area contributed by atoms with Crippen molar-refractivity contribution in [2.75, 3.05) is 26.9 Å². The predicted octanol–water partition coefficient (Wildman–Crippen LogP) is 3.49. The number of para-hydroxylation sites is 1. The number of rotatable bonds is 5. The summed E-state index contributed by atoms with van der Waals surface area (Å²) >= 11 is 1.62. The third kappa shape index (κ3) is 3.37. The number of nitrogens with one attached hydrogen (secondary N) is 1. The Kier molecular flexibility index (Phi) is 5.02. The van der Waals surface area contributed by atoms with Crippen molar-refractivity contribution in [1.29, 1.82) is 0 Å². The van der Waals surface area contributed by atoms with Crippen LogP contribution in [0, 0.1) is 0 Å². The highest BCUT2D eigenvalue weighted by atomic mass is 32.1. The van der Waals surface area contributed by atoms with Gasteiger partial charge in [0, 0.05) is 0 Å². The summed E-state index contributed by atoms with van der Waals surface area (Å²) in [7, 11) is 1.89. The quantitative estimate of drug-likeness (QED) is 0.597. The number of thiazole rings is 1. The van der Waals surface area contributed by atoms with E-state index in [1.165, 1.54) is 4.90 Å². The van der Waals surface area contributed by atoms with Gasteiger partial charge in [0.05, 0.1) is 22.9 Å². The number of amides is 3. The molecule has 3 aromatic rings. The number of hydrogen-bond acceptors (Lipinski definition) is 7. The normalized spacial score (nSPS) is 21.3. The first-order valence-corrected chi connectivity index (χ1v) is 11.3. The molecule has 0 unspecified atom stereocenters. The van der Waals surface area contributed by atoms with E-state index in [4.69, 9.17) is 14.5 Å². The Labute approximate surface area is 189 Å². The number of carbonyl (C=O) groups is 2. The van der Waals surface area contributed by atoms with Crippen molar-refractivity contribution in [3.8, 4) is 11.5 Å². The molecule has 1 fully saturated rings. The minimum atomic E-state index is -1.17. The largest absolute Gasteiger partial charge is 0.486 e. The molecule has 5 rings (SSSR count). The van der Waals surface area contributed by atoms with Crippen LogP contribution >= 0.6 is 11.3 Å². The van der Waals surface area contributed by atoms with E-state index in [9.17, 15) is 9.59 Å². The molecule has 2 aliphatic heterocycles. The maximum absolute atomic E-state index is 13.4. The van der Waals surface area contributed by atoms with Gasteiger partial charge in [-0.1, -0.05) is 18.2 Å². The summed E-state index contributed by atoms with van der Waals surface area (Å²) in [5.74, 6) is 0.918. The van der Waals surface area contributed by atoms with Gasteiger partial charge in [-0.3, -0.25) is 9.69 Å². The zero-order valence-corrected chi connectivity index (χ0v) is 18.9. The predicted molar refractivity (Wildman–Crippen MR) is 121 cm³/mol. The number of imide groups is 1. The molecular formula is C23H24N4O4S. The van der Waals surface area contributed by atoms with E-state index < -0.39 is 11.6 Å². The highest BCUT2D eigenvalue weighted by Crippen LogP contribution is 2.37. The van der Waals surface area contributed by atoms with Crippen molar-refractivity contribution in [3.63, 3.8) is 0 Å². The third-order valence-electron chi connectivity index (χ3n) is 6.09. The van der Waals surface area contributed by atoms with Crippen LogP contribution in [-0.4, -0.2) is 53.7 Å². The lowest BCUT2D eigenvalue weighted by Crippen LogP contribution is -2.43. The number of benzene rings is 2. The highest BCUT2D eigenvalue weighted by Gasteiger charge is 2.49. The molecule has 3 heterocycles. The van der Waals surface area contributed by atoms with E-state index in [0.29, 0.717) is 30.3 Å². The van der Waals surface area contributed by atoms with E-state index in [-0.39, 0.29) is 18.6 Å². The smallest absolute Gasteiger partial charge is 0.326 e. The van der Waals surface area contributed by atoms with Crippen molar-refractivity contribution in [2.45, 2.75) is 25.4 Å². The number of carbonyl (C=O) groups excluding carboxylic acids is 2. The monoisotopic (exact) mass is 452 g/mol. The second-order valence-electron chi connectivity index (χ2n) is 8.24. The van der Waals surface area contributed by atoms with Gasteiger partial charge >= 0.3 is 6.03 Å². The van der Waals surface area contributed by atoms with Gasteiger partial charge in [-0.05, 0) is 50.7 Å².